The lowest BCUT2D eigenvalue weighted by molar-refractivity contribution is 0.0379. The van der Waals surface area contributed by atoms with E-state index in [1.807, 2.05) is 18.2 Å². The summed E-state index contributed by atoms with van der Waals surface area (Å²) in [6.07, 6.45) is 3.21. The fraction of sp³-hybridized carbons (Fsp3) is 0.526. The molecular weight excluding hydrogens is 320 g/mol. The average Bonchev–Trinajstić information content (AvgIpc) is 3.11. The van der Waals surface area contributed by atoms with Crippen LogP contribution in [0.1, 0.15) is 31.9 Å². The number of aromatic nitrogens is 1. The van der Waals surface area contributed by atoms with E-state index in [1.54, 1.807) is 18.4 Å². The first-order valence-corrected chi connectivity index (χ1v) is 9.48. The summed E-state index contributed by atoms with van der Waals surface area (Å²) in [5, 5.41) is 12.8. The zero-order valence-corrected chi connectivity index (χ0v) is 15.3. The van der Waals surface area contributed by atoms with E-state index in [9.17, 15) is 5.11 Å². The highest BCUT2D eigenvalue weighted by molar-refractivity contribution is 7.13. The second kappa shape index (κ2) is 7.64. The van der Waals surface area contributed by atoms with Crippen molar-refractivity contribution in [1.29, 1.82) is 0 Å². The van der Waals surface area contributed by atoms with Crippen LogP contribution in [-0.2, 0) is 6.54 Å². The molecule has 1 aromatic heterocycles. The van der Waals surface area contributed by atoms with Crippen LogP contribution >= 0.6 is 11.3 Å². The van der Waals surface area contributed by atoms with Crippen molar-refractivity contribution < 1.29 is 9.84 Å². The lowest BCUT2D eigenvalue weighted by Gasteiger charge is -2.40. The Morgan fingerprint density at radius 3 is 2.71 bits per heavy atom. The van der Waals surface area contributed by atoms with Gasteiger partial charge >= 0.3 is 0 Å². The summed E-state index contributed by atoms with van der Waals surface area (Å²) in [6.45, 7) is 5.46. The van der Waals surface area contributed by atoms with E-state index < -0.39 is 0 Å². The molecule has 5 heteroatoms. The van der Waals surface area contributed by atoms with Gasteiger partial charge < -0.3 is 9.84 Å². The molecule has 130 valence electrons. The van der Waals surface area contributed by atoms with Crippen molar-refractivity contribution in [2.45, 2.75) is 32.7 Å². The standard InChI is InChI=1S/C19H26N2O2S/c1-3-19(14-22)8-10-21(11-9-19)12-15-13-24-18(20-15)16-6-4-5-7-17(16)23-2/h4-7,13,22H,3,8-12,14H2,1-2H3. The van der Waals surface area contributed by atoms with Crippen LogP contribution in [0.15, 0.2) is 29.6 Å². The molecule has 0 radical (unpaired) electrons. The van der Waals surface area contributed by atoms with Crippen molar-refractivity contribution in [1.82, 2.24) is 9.88 Å². The zero-order chi connectivity index (χ0) is 17.0. The zero-order valence-electron chi connectivity index (χ0n) is 14.5. The lowest BCUT2D eigenvalue weighted by atomic mass is 9.77. The largest absolute Gasteiger partial charge is 0.496 e. The fourth-order valence-corrected chi connectivity index (χ4v) is 4.20. The third-order valence-electron chi connectivity index (χ3n) is 5.28. The van der Waals surface area contributed by atoms with Gasteiger partial charge in [0.25, 0.3) is 0 Å². The van der Waals surface area contributed by atoms with Crippen LogP contribution in [0.25, 0.3) is 10.6 Å². The summed E-state index contributed by atoms with van der Waals surface area (Å²) < 4.78 is 5.44. The van der Waals surface area contributed by atoms with Gasteiger partial charge in [-0.1, -0.05) is 19.1 Å². The number of hydrogen-bond acceptors (Lipinski definition) is 5. The van der Waals surface area contributed by atoms with Crippen molar-refractivity contribution in [3.8, 4) is 16.3 Å². The molecule has 0 saturated carbocycles. The molecule has 1 fully saturated rings. The van der Waals surface area contributed by atoms with Crippen LogP contribution in [0, 0.1) is 5.41 Å². The summed E-state index contributed by atoms with van der Waals surface area (Å²) in [6, 6.07) is 8.02. The Morgan fingerprint density at radius 2 is 2.04 bits per heavy atom. The van der Waals surface area contributed by atoms with Crippen molar-refractivity contribution in [3.05, 3.63) is 35.3 Å². The number of aliphatic hydroxyl groups is 1. The molecule has 0 amide bonds. The second-order valence-corrected chi connectivity index (χ2v) is 7.49. The van der Waals surface area contributed by atoms with Crippen LogP contribution in [0.4, 0.5) is 0 Å². The number of ether oxygens (including phenoxy) is 1. The van der Waals surface area contributed by atoms with Gasteiger partial charge in [0.1, 0.15) is 10.8 Å². The molecule has 1 aliphatic rings. The highest BCUT2D eigenvalue weighted by Gasteiger charge is 2.32. The summed E-state index contributed by atoms with van der Waals surface area (Å²) in [4.78, 5) is 7.26. The fourth-order valence-electron chi connectivity index (χ4n) is 3.36. The number of likely N-dealkylation sites (tertiary alicyclic amines) is 1. The molecule has 1 aliphatic heterocycles. The molecule has 24 heavy (non-hydrogen) atoms. The predicted molar refractivity (Wildman–Crippen MR) is 98.4 cm³/mol. The quantitative estimate of drug-likeness (QED) is 0.864. The predicted octanol–water partition coefficient (Wildman–Crippen LogP) is 3.80. The minimum Gasteiger partial charge on any atom is -0.496 e. The molecule has 0 bridgehead atoms. The van der Waals surface area contributed by atoms with Gasteiger partial charge in [-0.3, -0.25) is 4.90 Å². The molecular formula is C19H26N2O2S. The highest BCUT2D eigenvalue weighted by atomic mass is 32.1. The Labute approximate surface area is 148 Å². The molecule has 1 saturated heterocycles. The number of methoxy groups -OCH3 is 1. The van der Waals surface area contributed by atoms with Crippen molar-refractivity contribution >= 4 is 11.3 Å². The SMILES string of the molecule is CCC1(CO)CCN(Cc2csc(-c3ccccc3OC)n2)CC1. The van der Waals surface area contributed by atoms with Crippen LogP contribution in [0.3, 0.4) is 0 Å². The lowest BCUT2D eigenvalue weighted by Crippen LogP contribution is -2.41. The first-order chi connectivity index (χ1) is 11.7. The maximum Gasteiger partial charge on any atom is 0.129 e. The number of benzene rings is 1. The van der Waals surface area contributed by atoms with Crippen LogP contribution < -0.4 is 4.74 Å². The molecule has 0 spiro atoms. The Hall–Kier alpha value is -1.43. The number of rotatable bonds is 6. The van der Waals surface area contributed by atoms with Gasteiger partial charge in [-0.05, 0) is 49.9 Å². The molecule has 2 aromatic rings. The molecule has 1 aromatic carbocycles. The van der Waals surface area contributed by atoms with Gasteiger partial charge in [-0.15, -0.1) is 11.3 Å². The van der Waals surface area contributed by atoms with Crippen molar-refractivity contribution in [2.75, 3.05) is 26.8 Å². The van der Waals surface area contributed by atoms with E-state index in [1.165, 1.54) is 0 Å². The van der Waals surface area contributed by atoms with E-state index in [0.717, 1.165) is 60.9 Å². The van der Waals surface area contributed by atoms with Gasteiger partial charge in [0.2, 0.25) is 0 Å². The van der Waals surface area contributed by atoms with Crippen LogP contribution in [-0.4, -0.2) is 41.8 Å². The number of piperidine rings is 1. The van der Waals surface area contributed by atoms with Crippen molar-refractivity contribution in [3.63, 3.8) is 0 Å². The molecule has 2 heterocycles. The Kier molecular flexibility index (Phi) is 5.54. The highest BCUT2D eigenvalue weighted by Crippen LogP contribution is 2.35. The molecule has 0 unspecified atom stereocenters. The maximum atomic E-state index is 9.66. The van der Waals surface area contributed by atoms with Gasteiger partial charge in [0, 0.05) is 18.5 Å². The Balaban J connectivity index is 1.65. The normalized spacial score (nSPS) is 17.8. The average molecular weight is 346 g/mol. The second-order valence-electron chi connectivity index (χ2n) is 6.63. The van der Waals surface area contributed by atoms with E-state index in [2.05, 4.69) is 23.3 Å². The number of aliphatic hydroxyl groups excluding tert-OH is 1. The number of para-hydroxylation sites is 1. The topological polar surface area (TPSA) is 45.6 Å². The number of hydrogen-bond donors (Lipinski definition) is 1. The van der Waals surface area contributed by atoms with Crippen LogP contribution in [0.2, 0.25) is 0 Å². The van der Waals surface area contributed by atoms with Gasteiger partial charge in [-0.25, -0.2) is 4.98 Å². The first kappa shape index (κ1) is 17.4. The Morgan fingerprint density at radius 1 is 1.29 bits per heavy atom. The first-order valence-electron chi connectivity index (χ1n) is 8.61. The monoisotopic (exact) mass is 346 g/mol. The molecule has 4 nitrogen and oxygen atoms in total. The molecule has 3 rings (SSSR count). The maximum absolute atomic E-state index is 9.66. The van der Waals surface area contributed by atoms with E-state index in [4.69, 9.17) is 9.72 Å². The molecule has 0 atom stereocenters. The summed E-state index contributed by atoms with van der Waals surface area (Å²) in [5.41, 5.74) is 2.32. The minimum absolute atomic E-state index is 0.140. The summed E-state index contributed by atoms with van der Waals surface area (Å²) in [5.74, 6) is 0.868. The minimum atomic E-state index is 0.140. The molecule has 0 aliphatic carbocycles. The molecule has 1 N–H and O–H groups in total. The van der Waals surface area contributed by atoms with Crippen molar-refractivity contribution in [2.24, 2.45) is 5.41 Å². The van der Waals surface area contributed by atoms with Crippen LogP contribution in [0.5, 0.6) is 5.75 Å². The van der Waals surface area contributed by atoms with E-state index >= 15 is 0 Å². The third-order valence-corrected chi connectivity index (χ3v) is 6.20. The van der Waals surface area contributed by atoms with Gasteiger partial charge in [0.15, 0.2) is 0 Å². The number of nitrogens with zero attached hydrogens (tertiary/aromatic N) is 2. The number of thiazole rings is 1. The van der Waals surface area contributed by atoms with E-state index in [-0.39, 0.29) is 5.41 Å². The summed E-state index contributed by atoms with van der Waals surface area (Å²) >= 11 is 1.67. The van der Waals surface area contributed by atoms with E-state index in [0.29, 0.717) is 6.61 Å². The smallest absolute Gasteiger partial charge is 0.129 e. The summed E-state index contributed by atoms with van der Waals surface area (Å²) in [7, 11) is 1.70. The van der Waals surface area contributed by atoms with Gasteiger partial charge in [0.05, 0.1) is 18.4 Å². The third kappa shape index (κ3) is 3.63. The van der Waals surface area contributed by atoms with Gasteiger partial charge in [-0.2, -0.15) is 0 Å². The Bertz CT molecular complexity index is 657.